The molecule has 0 amide bonds. The Morgan fingerprint density at radius 3 is 2.62 bits per heavy atom. The van der Waals surface area contributed by atoms with Crippen molar-refractivity contribution >= 4 is 39.1 Å². The predicted molar refractivity (Wildman–Crippen MR) is 133 cm³/mol. The van der Waals surface area contributed by atoms with E-state index in [4.69, 9.17) is 9.72 Å². The van der Waals surface area contributed by atoms with E-state index in [0.29, 0.717) is 26.8 Å². The monoisotopic (exact) mass is 494 g/mol. The number of phenols is 2. The van der Waals surface area contributed by atoms with Crippen LogP contribution in [0.25, 0.3) is 15.9 Å². The van der Waals surface area contributed by atoms with Gasteiger partial charge in [0, 0.05) is 10.4 Å². The number of benzene rings is 2. The summed E-state index contributed by atoms with van der Waals surface area (Å²) < 4.78 is 6.82. The standard InChI is InChI=1S/C25H22N2O5S2/c1-32-16-9-7-15(8-10-16)27-24(31)22-17-4-2-3-5-21(17)34-23(22)26-25(27)33-13-20(30)14-6-11-18(28)19(29)12-14/h6-12,28-29H,2-5,13H2,1H3. The van der Waals surface area contributed by atoms with Gasteiger partial charge in [-0.1, -0.05) is 11.8 Å². The maximum Gasteiger partial charge on any atom is 0.267 e. The van der Waals surface area contributed by atoms with Crippen molar-refractivity contribution in [3.05, 3.63) is 68.8 Å². The Morgan fingerprint density at radius 2 is 1.88 bits per heavy atom. The van der Waals surface area contributed by atoms with Crippen molar-refractivity contribution in [2.75, 3.05) is 12.9 Å². The first-order chi connectivity index (χ1) is 16.5. The molecule has 0 aliphatic heterocycles. The largest absolute Gasteiger partial charge is 0.504 e. The molecule has 2 N–H and O–H groups in total. The van der Waals surface area contributed by atoms with E-state index >= 15 is 0 Å². The molecule has 1 aliphatic carbocycles. The maximum absolute atomic E-state index is 13.8. The van der Waals surface area contributed by atoms with E-state index < -0.39 is 0 Å². The fraction of sp³-hybridized carbons (Fsp3) is 0.240. The van der Waals surface area contributed by atoms with E-state index in [1.807, 2.05) is 0 Å². The van der Waals surface area contributed by atoms with Crippen molar-refractivity contribution in [2.45, 2.75) is 30.8 Å². The Bertz CT molecular complexity index is 1460. The van der Waals surface area contributed by atoms with Gasteiger partial charge in [0.1, 0.15) is 10.6 Å². The molecule has 0 unspecified atom stereocenters. The molecule has 1 aliphatic rings. The SMILES string of the molecule is COc1ccc(-n2c(SCC(=O)c3ccc(O)c(O)c3)nc3sc4c(c3c2=O)CCCC4)cc1. The highest BCUT2D eigenvalue weighted by Gasteiger charge is 2.23. The fourth-order valence-electron chi connectivity index (χ4n) is 4.15. The van der Waals surface area contributed by atoms with Gasteiger partial charge in [-0.05, 0) is 73.7 Å². The summed E-state index contributed by atoms with van der Waals surface area (Å²) in [6.07, 6.45) is 4.02. The molecule has 0 spiro atoms. The average molecular weight is 495 g/mol. The smallest absolute Gasteiger partial charge is 0.267 e. The van der Waals surface area contributed by atoms with E-state index in [-0.39, 0.29) is 34.2 Å². The van der Waals surface area contributed by atoms with E-state index in [1.165, 1.54) is 34.8 Å². The molecule has 2 heterocycles. The van der Waals surface area contributed by atoms with Crippen molar-refractivity contribution in [3.8, 4) is 22.9 Å². The number of aryl methyl sites for hydroxylation is 2. The van der Waals surface area contributed by atoms with Crippen LogP contribution in [0.2, 0.25) is 0 Å². The molecule has 34 heavy (non-hydrogen) atoms. The van der Waals surface area contributed by atoms with Gasteiger partial charge in [-0.15, -0.1) is 11.3 Å². The van der Waals surface area contributed by atoms with Crippen LogP contribution in [-0.4, -0.2) is 38.4 Å². The number of thiophene rings is 1. The molecule has 4 aromatic rings. The summed E-state index contributed by atoms with van der Waals surface area (Å²) in [4.78, 5) is 33.3. The number of thioether (sulfide) groups is 1. The van der Waals surface area contributed by atoms with Gasteiger partial charge >= 0.3 is 0 Å². The number of ketones is 1. The first-order valence-corrected chi connectivity index (χ1v) is 12.7. The van der Waals surface area contributed by atoms with Crippen molar-refractivity contribution in [1.82, 2.24) is 9.55 Å². The summed E-state index contributed by atoms with van der Waals surface area (Å²) in [6.45, 7) is 0. The van der Waals surface area contributed by atoms with Crippen molar-refractivity contribution in [2.24, 2.45) is 0 Å². The molecule has 0 atom stereocenters. The number of fused-ring (bicyclic) bond motifs is 3. The number of nitrogens with zero attached hydrogens (tertiary/aromatic N) is 2. The highest BCUT2D eigenvalue weighted by atomic mass is 32.2. The van der Waals surface area contributed by atoms with Crippen LogP contribution < -0.4 is 10.3 Å². The molecule has 5 rings (SSSR count). The number of aromatic nitrogens is 2. The first kappa shape index (κ1) is 22.5. The zero-order chi connectivity index (χ0) is 23.8. The minimum Gasteiger partial charge on any atom is -0.504 e. The molecule has 0 radical (unpaired) electrons. The number of hydrogen-bond acceptors (Lipinski definition) is 8. The van der Waals surface area contributed by atoms with E-state index in [1.54, 1.807) is 47.3 Å². The van der Waals surface area contributed by atoms with Crippen molar-refractivity contribution < 1.29 is 19.7 Å². The molecule has 0 fully saturated rings. The number of carbonyl (C=O) groups excluding carboxylic acids is 1. The Labute approximate surface area is 203 Å². The van der Waals surface area contributed by atoms with Gasteiger partial charge in [-0.3, -0.25) is 14.2 Å². The molecule has 0 bridgehead atoms. The molecule has 0 saturated heterocycles. The molecule has 2 aromatic heterocycles. The Hall–Kier alpha value is -3.30. The number of carbonyl (C=O) groups is 1. The number of Topliss-reactive ketones (excluding diaryl/α,β-unsaturated/α-hetero) is 1. The minimum absolute atomic E-state index is 0.0173. The summed E-state index contributed by atoms with van der Waals surface area (Å²) in [6, 6.07) is 11.1. The average Bonchev–Trinajstić information content (AvgIpc) is 3.23. The second-order valence-corrected chi connectivity index (χ2v) is 10.1. The zero-order valence-electron chi connectivity index (χ0n) is 18.4. The molecule has 174 valence electrons. The van der Waals surface area contributed by atoms with Crippen molar-refractivity contribution in [3.63, 3.8) is 0 Å². The van der Waals surface area contributed by atoms with Gasteiger partial charge in [-0.2, -0.15) is 0 Å². The van der Waals surface area contributed by atoms with Crippen LogP contribution in [0.1, 0.15) is 33.6 Å². The van der Waals surface area contributed by atoms with Crippen LogP contribution in [0.3, 0.4) is 0 Å². The maximum atomic E-state index is 13.8. The normalized spacial score (nSPS) is 13.1. The second kappa shape index (κ2) is 9.15. The van der Waals surface area contributed by atoms with E-state index in [0.717, 1.165) is 31.2 Å². The topological polar surface area (TPSA) is 102 Å². The van der Waals surface area contributed by atoms with Crippen LogP contribution in [0.4, 0.5) is 0 Å². The highest BCUT2D eigenvalue weighted by molar-refractivity contribution is 7.99. The van der Waals surface area contributed by atoms with Gasteiger partial charge in [0.15, 0.2) is 22.4 Å². The van der Waals surface area contributed by atoms with Crippen molar-refractivity contribution in [1.29, 1.82) is 0 Å². The Balaban J connectivity index is 1.58. The lowest BCUT2D eigenvalue weighted by molar-refractivity contribution is 0.102. The van der Waals surface area contributed by atoms with Crippen LogP contribution in [-0.2, 0) is 12.8 Å². The third kappa shape index (κ3) is 4.05. The quantitative estimate of drug-likeness (QED) is 0.173. The lowest BCUT2D eigenvalue weighted by Crippen LogP contribution is -2.22. The molecule has 2 aromatic carbocycles. The fourth-order valence-corrected chi connectivity index (χ4v) is 6.36. The van der Waals surface area contributed by atoms with E-state index in [2.05, 4.69) is 0 Å². The number of hydrogen-bond donors (Lipinski definition) is 2. The third-order valence-electron chi connectivity index (χ3n) is 5.92. The van der Waals surface area contributed by atoms with Gasteiger partial charge < -0.3 is 14.9 Å². The van der Waals surface area contributed by atoms with Crippen LogP contribution in [0.5, 0.6) is 17.2 Å². The number of phenolic OH excluding ortho intramolecular Hbond substituents is 2. The number of aromatic hydroxyl groups is 2. The molecule has 9 heteroatoms. The summed E-state index contributed by atoms with van der Waals surface area (Å²) in [7, 11) is 1.58. The third-order valence-corrected chi connectivity index (χ3v) is 8.04. The molecular formula is C25H22N2O5S2. The summed E-state index contributed by atoms with van der Waals surface area (Å²) in [5.41, 5.74) is 1.90. The minimum atomic E-state index is -0.352. The van der Waals surface area contributed by atoms with Gasteiger partial charge in [0.25, 0.3) is 5.56 Å². The van der Waals surface area contributed by atoms with Gasteiger partial charge in [-0.25, -0.2) is 4.98 Å². The number of methoxy groups -OCH3 is 1. The first-order valence-electron chi connectivity index (χ1n) is 10.9. The van der Waals surface area contributed by atoms with Crippen LogP contribution >= 0.6 is 23.1 Å². The Kier molecular flexibility index (Phi) is 6.05. The van der Waals surface area contributed by atoms with Crippen LogP contribution in [0, 0.1) is 0 Å². The summed E-state index contributed by atoms with van der Waals surface area (Å²) >= 11 is 2.74. The summed E-state index contributed by atoms with van der Waals surface area (Å²) in [5, 5.41) is 20.3. The zero-order valence-corrected chi connectivity index (χ0v) is 20.0. The molecule has 7 nitrogen and oxygen atoms in total. The molecule has 0 saturated carbocycles. The second-order valence-electron chi connectivity index (χ2n) is 8.04. The highest BCUT2D eigenvalue weighted by Crippen LogP contribution is 2.35. The van der Waals surface area contributed by atoms with Crippen LogP contribution in [0.15, 0.2) is 52.4 Å². The molecular weight excluding hydrogens is 472 g/mol. The lowest BCUT2D eigenvalue weighted by atomic mass is 9.97. The number of rotatable bonds is 6. The predicted octanol–water partition coefficient (Wildman–Crippen LogP) is 4.72. The van der Waals surface area contributed by atoms with Gasteiger partial charge in [0.2, 0.25) is 0 Å². The Morgan fingerprint density at radius 1 is 1.12 bits per heavy atom. The summed E-state index contributed by atoms with van der Waals surface area (Å²) in [5.74, 6) is -0.193. The lowest BCUT2D eigenvalue weighted by Gasteiger charge is -2.14. The number of ether oxygens (including phenoxy) is 1. The van der Waals surface area contributed by atoms with E-state index in [9.17, 15) is 19.8 Å². The van der Waals surface area contributed by atoms with Gasteiger partial charge in [0.05, 0.1) is 23.9 Å².